The Morgan fingerprint density at radius 2 is 1.82 bits per heavy atom. The van der Waals surface area contributed by atoms with Gasteiger partial charge in [0.05, 0.1) is 0 Å². The molecule has 4 atom stereocenters. The summed E-state index contributed by atoms with van der Waals surface area (Å²) in [6, 6.07) is 0. The molecule has 2 fully saturated rings. The fourth-order valence-corrected chi connectivity index (χ4v) is 6.87. The lowest BCUT2D eigenvalue weighted by atomic mass is 9.49. The zero-order chi connectivity index (χ0) is 20.2. The first kappa shape index (κ1) is 20.1. The van der Waals surface area contributed by atoms with Crippen LogP contribution in [0.2, 0.25) is 0 Å². The quantitative estimate of drug-likeness (QED) is 0.565. The molecule has 0 aromatic rings. The Bertz CT molecular complexity index is 752. The lowest BCUT2D eigenvalue weighted by molar-refractivity contribution is -0.271. The maximum absolute atomic E-state index is 12.2. The van der Waals surface area contributed by atoms with Crippen molar-refractivity contribution < 1.29 is 14.3 Å². The number of Topliss-reactive ketones (excluding diaryl/α,β-unsaturated/α-hetero) is 1. The summed E-state index contributed by atoms with van der Waals surface area (Å²) in [4.78, 5) is 12.2. The van der Waals surface area contributed by atoms with Crippen LogP contribution in [0.15, 0.2) is 34.9 Å². The van der Waals surface area contributed by atoms with Crippen LogP contribution in [0.5, 0.6) is 0 Å². The van der Waals surface area contributed by atoms with Crippen molar-refractivity contribution in [3.05, 3.63) is 34.9 Å². The maximum atomic E-state index is 12.2. The molecule has 0 aliphatic heterocycles. The normalized spacial score (nSPS) is 38.5. The number of fused-ring (bicyclic) bond motifs is 5. The van der Waals surface area contributed by atoms with E-state index in [9.17, 15) is 4.79 Å². The molecule has 3 heteroatoms. The first-order valence-electron chi connectivity index (χ1n) is 11.2. The minimum atomic E-state index is -0.391. The summed E-state index contributed by atoms with van der Waals surface area (Å²) in [6.07, 6.45) is 13.3. The first-order chi connectivity index (χ1) is 13.3. The number of allylic oxidation sites excluding steroid dienone is 6. The van der Waals surface area contributed by atoms with Crippen molar-refractivity contribution in [2.24, 2.45) is 22.7 Å². The van der Waals surface area contributed by atoms with Gasteiger partial charge in [-0.25, -0.2) is 0 Å². The highest BCUT2D eigenvalue weighted by Crippen LogP contribution is 2.64. The average Bonchev–Trinajstić information content (AvgIpc) is 3.00. The Kier molecular flexibility index (Phi) is 4.99. The lowest BCUT2D eigenvalue weighted by Crippen LogP contribution is -2.53. The highest BCUT2D eigenvalue weighted by molar-refractivity contribution is 5.97. The fourth-order valence-electron chi connectivity index (χ4n) is 6.87. The van der Waals surface area contributed by atoms with Gasteiger partial charge in [-0.1, -0.05) is 32.1 Å². The summed E-state index contributed by atoms with van der Waals surface area (Å²) in [5.41, 5.74) is 4.17. The van der Waals surface area contributed by atoms with Gasteiger partial charge in [0.15, 0.2) is 11.6 Å². The highest BCUT2D eigenvalue weighted by Gasteiger charge is 2.56. The minimum Gasteiger partial charge on any atom is -0.350 e. The maximum Gasteiger partial charge on any atom is 0.168 e. The van der Waals surface area contributed by atoms with Crippen molar-refractivity contribution in [1.29, 1.82) is 0 Å². The first-order valence-corrected chi connectivity index (χ1v) is 11.2. The van der Waals surface area contributed by atoms with Crippen LogP contribution in [-0.2, 0) is 14.3 Å². The predicted molar refractivity (Wildman–Crippen MR) is 112 cm³/mol. The van der Waals surface area contributed by atoms with Crippen LogP contribution >= 0.6 is 0 Å². The predicted octanol–water partition coefficient (Wildman–Crippen LogP) is 5.76. The van der Waals surface area contributed by atoms with Gasteiger partial charge in [0.1, 0.15) is 0 Å². The lowest BCUT2D eigenvalue weighted by Gasteiger charge is -2.58. The second-order valence-corrected chi connectivity index (χ2v) is 9.72. The molecule has 3 nitrogen and oxygen atoms in total. The van der Waals surface area contributed by atoms with Crippen molar-refractivity contribution in [3.8, 4) is 0 Å². The van der Waals surface area contributed by atoms with Crippen LogP contribution in [0.4, 0.5) is 0 Å². The molecular weight excluding hydrogens is 348 g/mol. The summed E-state index contributed by atoms with van der Waals surface area (Å²) in [5.74, 6) is 1.02. The van der Waals surface area contributed by atoms with Crippen molar-refractivity contribution >= 4 is 5.78 Å². The van der Waals surface area contributed by atoms with Gasteiger partial charge < -0.3 is 9.47 Å². The third-order valence-corrected chi connectivity index (χ3v) is 8.37. The van der Waals surface area contributed by atoms with Crippen LogP contribution in [0.1, 0.15) is 73.1 Å². The number of ether oxygens (including phenoxy) is 2. The molecule has 0 aromatic carbocycles. The van der Waals surface area contributed by atoms with E-state index in [0.29, 0.717) is 30.5 Å². The smallest absolute Gasteiger partial charge is 0.168 e. The summed E-state index contributed by atoms with van der Waals surface area (Å²) in [5, 5.41) is 0. The molecule has 0 amide bonds. The molecule has 4 rings (SSSR count). The zero-order valence-electron chi connectivity index (χ0n) is 18.3. The molecule has 0 saturated heterocycles. The standard InChI is InChI=1S/C25H36O3/c1-6-27-25(28-7-2)15-14-23(4)18(16-25)8-9-19-21-11-10-20(17(3)26)24(21,5)13-12-22(19)23/h9-11,18,22H,6-8,12-16H2,1-5H3/t18?,22-,23-,24+/m0/s1. The summed E-state index contributed by atoms with van der Waals surface area (Å²) < 4.78 is 12.3. The molecular formula is C25H36O3. The zero-order valence-corrected chi connectivity index (χ0v) is 18.3. The second kappa shape index (κ2) is 6.95. The number of ketones is 1. The molecule has 4 aliphatic carbocycles. The van der Waals surface area contributed by atoms with Crippen LogP contribution in [-0.4, -0.2) is 24.8 Å². The molecule has 1 unspecified atom stereocenters. The van der Waals surface area contributed by atoms with Crippen LogP contribution < -0.4 is 0 Å². The van der Waals surface area contributed by atoms with Gasteiger partial charge in [-0.3, -0.25) is 4.79 Å². The van der Waals surface area contributed by atoms with Gasteiger partial charge >= 0.3 is 0 Å². The minimum absolute atomic E-state index is 0.0770. The number of rotatable bonds is 5. The Balaban J connectivity index is 1.63. The van der Waals surface area contributed by atoms with E-state index in [1.54, 1.807) is 6.92 Å². The van der Waals surface area contributed by atoms with Crippen molar-refractivity contribution in [2.45, 2.75) is 78.9 Å². The van der Waals surface area contributed by atoms with Crippen LogP contribution in [0.3, 0.4) is 0 Å². The largest absolute Gasteiger partial charge is 0.350 e. The number of hydrogen-bond acceptors (Lipinski definition) is 3. The molecule has 0 spiro atoms. The van der Waals surface area contributed by atoms with E-state index >= 15 is 0 Å². The van der Waals surface area contributed by atoms with E-state index in [-0.39, 0.29) is 11.2 Å². The number of hydrogen-bond donors (Lipinski definition) is 0. The second-order valence-electron chi connectivity index (χ2n) is 9.72. The van der Waals surface area contributed by atoms with E-state index in [1.807, 2.05) is 0 Å². The SMILES string of the molecule is CCOC1(OCC)CC[C@@]2(C)C(CC=C3C4=CC=C(C(C)=O)[C@@]4(C)CC[C@@H]32)C1. The van der Waals surface area contributed by atoms with E-state index in [4.69, 9.17) is 9.47 Å². The summed E-state index contributed by atoms with van der Waals surface area (Å²) >= 11 is 0. The van der Waals surface area contributed by atoms with Gasteiger partial charge in [0, 0.05) is 37.0 Å². The monoisotopic (exact) mass is 384 g/mol. The molecule has 154 valence electrons. The molecule has 28 heavy (non-hydrogen) atoms. The Morgan fingerprint density at radius 3 is 2.46 bits per heavy atom. The van der Waals surface area contributed by atoms with E-state index in [0.717, 1.165) is 37.7 Å². The van der Waals surface area contributed by atoms with E-state index < -0.39 is 5.79 Å². The third kappa shape index (κ3) is 2.81. The Hall–Kier alpha value is -1.19. The molecule has 0 radical (unpaired) electrons. The molecule has 0 N–H and O–H groups in total. The van der Waals surface area contributed by atoms with E-state index in [2.05, 4.69) is 45.9 Å². The number of carbonyl (C=O) groups excluding carboxylic acids is 1. The van der Waals surface area contributed by atoms with E-state index in [1.165, 1.54) is 17.6 Å². The molecule has 0 heterocycles. The molecule has 0 bridgehead atoms. The Labute approximate surface area is 170 Å². The highest BCUT2D eigenvalue weighted by atomic mass is 16.7. The fraction of sp³-hybridized carbons (Fsp3) is 0.720. The van der Waals surface area contributed by atoms with Crippen LogP contribution in [0, 0.1) is 22.7 Å². The molecule has 4 aliphatic rings. The summed E-state index contributed by atoms with van der Waals surface area (Å²) in [6.45, 7) is 12.1. The van der Waals surface area contributed by atoms with Crippen molar-refractivity contribution in [1.82, 2.24) is 0 Å². The topological polar surface area (TPSA) is 35.5 Å². The third-order valence-electron chi connectivity index (χ3n) is 8.37. The van der Waals surface area contributed by atoms with Crippen LogP contribution in [0.25, 0.3) is 0 Å². The van der Waals surface area contributed by atoms with Gasteiger partial charge in [-0.15, -0.1) is 0 Å². The average molecular weight is 385 g/mol. The van der Waals surface area contributed by atoms with Crippen molar-refractivity contribution in [2.75, 3.05) is 13.2 Å². The number of carbonyl (C=O) groups is 1. The summed E-state index contributed by atoms with van der Waals surface area (Å²) in [7, 11) is 0. The van der Waals surface area contributed by atoms with Crippen molar-refractivity contribution in [3.63, 3.8) is 0 Å². The van der Waals surface area contributed by atoms with Gasteiger partial charge in [-0.05, 0) is 74.9 Å². The molecule has 0 aromatic heterocycles. The van der Waals surface area contributed by atoms with Gasteiger partial charge in [-0.2, -0.15) is 0 Å². The van der Waals surface area contributed by atoms with Gasteiger partial charge in [0.25, 0.3) is 0 Å². The molecule has 2 saturated carbocycles. The van der Waals surface area contributed by atoms with Gasteiger partial charge in [0.2, 0.25) is 0 Å². The Morgan fingerprint density at radius 1 is 1.11 bits per heavy atom.